The molecule has 18 heteroatoms. The minimum absolute atomic E-state index is 0.245. The van der Waals surface area contributed by atoms with Crippen LogP contribution in [-0.4, -0.2) is 61.4 Å². The van der Waals surface area contributed by atoms with Crippen LogP contribution < -0.4 is 10.6 Å². The Morgan fingerprint density at radius 2 is 0.907 bits per heavy atom. The van der Waals surface area contributed by atoms with Crippen molar-refractivity contribution in [1.29, 1.82) is 0 Å². The predicted molar refractivity (Wildman–Crippen MR) is 199 cm³/mol. The molecule has 0 aliphatic carbocycles. The standard InChI is InChI=1S/C36H36N6O10S2/c1-19-7-13-29(21(3)15-19)37-35(45)33(23(5)43)41-39-25-9-11-27(31(17-25)53(47,48)49)28-12-10-26(18-32(28)54(50,51)52)40-42-34(24(6)44)36(46)38-30-14-8-20(2)16-22(30)4/h7-18,33-34H,1-6H3,(H,37,45)(H,38,46)(H,47,48,49)(H,50,51,52)/t33-,34+. The van der Waals surface area contributed by atoms with E-state index in [0.29, 0.717) is 11.4 Å². The van der Waals surface area contributed by atoms with Gasteiger partial charge in [-0.2, -0.15) is 37.3 Å². The van der Waals surface area contributed by atoms with E-state index < -0.39 is 76.6 Å². The van der Waals surface area contributed by atoms with Crippen molar-refractivity contribution in [3.05, 3.63) is 95.1 Å². The highest BCUT2D eigenvalue weighted by Gasteiger charge is 2.27. The highest BCUT2D eigenvalue weighted by atomic mass is 32.2. The van der Waals surface area contributed by atoms with Gasteiger partial charge in [-0.1, -0.05) is 47.5 Å². The highest BCUT2D eigenvalue weighted by Crippen LogP contribution is 2.37. The summed E-state index contributed by atoms with van der Waals surface area (Å²) in [6, 6.07) is 13.3. The van der Waals surface area contributed by atoms with Crippen LogP contribution in [0.1, 0.15) is 36.1 Å². The molecule has 0 aliphatic heterocycles. The number of anilines is 2. The number of benzene rings is 4. The first-order valence-electron chi connectivity index (χ1n) is 16.0. The van der Waals surface area contributed by atoms with E-state index >= 15 is 0 Å². The number of carbonyl (C=O) groups excluding carboxylic acids is 4. The Labute approximate surface area is 311 Å². The largest absolute Gasteiger partial charge is 0.324 e. The Balaban J connectivity index is 1.68. The lowest BCUT2D eigenvalue weighted by Gasteiger charge is -2.13. The lowest BCUT2D eigenvalue weighted by Crippen LogP contribution is -2.32. The summed E-state index contributed by atoms with van der Waals surface area (Å²) in [7, 11) is -10.2. The Kier molecular flexibility index (Phi) is 12.5. The molecule has 0 unspecified atom stereocenters. The quantitative estimate of drug-likeness (QED) is 0.0657. The number of rotatable bonds is 13. The second kappa shape index (κ2) is 16.5. The number of nitrogens with zero attached hydrogens (tertiary/aromatic N) is 4. The first-order chi connectivity index (χ1) is 25.1. The number of nitrogens with one attached hydrogen (secondary N) is 2. The van der Waals surface area contributed by atoms with Gasteiger partial charge in [-0.05, 0) is 89.1 Å². The van der Waals surface area contributed by atoms with E-state index in [0.717, 1.165) is 60.4 Å². The molecule has 4 aromatic carbocycles. The number of Topliss-reactive ketones (excluding diaryl/α,β-unsaturated/α-hetero) is 2. The Morgan fingerprint density at radius 1 is 0.556 bits per heavy atom. The molecule has 0 bridgehead atoms. The molecule has 2 amide bonds. The van der Waals surface area contributed by atoms with Gasteiger partial charge < -0.3 is 10.6 Å². The van der Waals surface area contributed by atoms with Gasteiger partial charge in [0.15, 0.2) is 11.6 Å². The van der Waals surface area contributed by atoms with Crippen molar-refractivity contribution in [2.24, 2.45) is 20.5 Å². The molecule has 0 radical (unpaired) electrons. The van der Waals surface area contributed by atoms with Gasteiger partial charge >= 0.3 is 0 Å². The van der Waals surface area contributed by atoms with E-state index in [1.807, 2.05) is 26.0 Å². The van der Waals surface area contributed by atoms with Crippen molar-refractivity contribution in [3.8, 4) is 11.1 Å². The number of amides is 2. The zero-order valence-electron chi connectivity index (χ0n) is 29.8. The second-order valence-corrected chi connectivity index (χ2v) is 15.2. The molecule has 4 rings (SSSR count). The molecule has 2 atom stereocenters. The molecular weight excluding hydrogens is 741 g/mol. The van der Waals surface area contributed by atoms with Crippen molar-refractivity contribution in [2.45, 2.75) is 63.4 Å². The summed E-state index contributed by atoms with van der Waals surface area (Å²) in [6.07, 6.45) is 0. The molecule has 0 fully saturated rings. The van der Waals surface area contributed by atoms with Crippen LogP contribution in [0.15, 0.2) is 103 Å². The lowest BCUT2D eigenvalue weighted by atomic mass is 10.0. The topological polar surface area (TPSA) is 251 Å². The van der Waals surface area contributed by atoms with Gasteiger partial charge in [-0.25, -0.2) is 0 Å². The van der Waals surface area contributed by atoms with Crippen molar-refractivity contribution >= 4 is 66.4 Å². The first kappa shape index (κ1) is 40.9. The molecule has 16 nitrogen and oxygen atoms in total. The zero-order valence-corrected chi connectivity index (χ0v) is 31.5. The van der Waals surface area contributed by atoms with Crippen LogP contribution in [0.5, 0.6) is 0 Å². The van der Waals surface area contributed by atoms with Crippen molar-refractivity contribution in [3.63, 3.8) is 0 Å². The highest BCUT2D eigenvalue weighted by molar-refractivity contribution is 7.86. The molecule has 4 aromatic rings. The average molecular weight is 777 g/mol. The third-order valence-electron chi connectivity index (χ3n) is 7.90. The number of carbonyl (C=O) groups is 4. The Morgan fingerprint density at radius 3 is 1.20 bits per heavy atom. The maximum Gasteiger partial charge on any atom is 0.295 e. The van der Waals surface area contributed by atoms with E-state index in [4.69, 9.17) is 0 Å². The summed E-state index contributed by atoms with van der Waals surface area (Å²) >= 11 is 0. The summed E-state index contributed by atoms with van der Waals surface area (Å²) in [6.45, 7) is 9.48. The lowest BCUT2D eigenvalue weighted by molar-refractivity contribution is -0.127. The van der Waals surface area contributed by atoms with Gasteiger partial charge in [0.25, 0.3) is 32.1 Å². The summed E-state index contributed by atoms with van der Waals surface area (Å²) in [4.78, 5) is 48.8. The van der Waals surface area contributed by atoms with Crippen molar-refractivity contribution in [2.75, 3.05) is 10.6 Å². The van der Waals surface area contributed by atoms with E-state index in [1.165, 1.54) is 12.1 Å². The molecule has 0 saturated carbocycles. The molecule has 0 saturated heterocycles. The fraction of sp³-hybridized carbons (Fsp3) is 0.222. The summed E-state index contributed by atoms with van der Waals surface area (Å²) in [5, 5.41) is 20.5. The minimum atomic E-state index is -5.12. The monoisotopic (exact) mass is 776 g/mol. The van der Waals surface area contributed by atoms with E-state index in [1.54, 1.807) is 38.1 Å². The molecule has 54 heavy (non-hydrogen) atoms. The van der Waals surface area contributed by atoms with Crippen molar-refractivity contribution < 1.29 is 45.1 Å². The molecule has 4 N–H and O–H groups in total. The normalized spacial score (nSPS) is 13.1. The first-order valence-corrected chi connectivity index (χ1v) is 18.9. The second-order valence-electron chi connectivity index (χ2n) is 12.4. The van der Waals surface area contributed by atoms with Gasteiger partial charge in [-0.15, -0.1) is 0 Å². The zero-order chi connectivity index (χ0) is 40.1. The van der Waals surface area contributed by atoms with Crippen LogP contribution in [0.3, 0.4) is 0 Å². The van der Waals surface area contributed by atoms with E-state index in [9.17, 15) is 45.1 Å². The predicted octanol–water partition coefficient (Wildman–Crippen LogP) is 6.44. The number of ketones is 2. The molecule has 0 aliphatic rings. The molecule has 0 aromatic heterocycles. The molecule has 282 valence electrons. The van der Waals surface area contributed by atoms with Crippen LogP contribution in [0.25, 0.3) is 11.1 Å². The van der Waals surface area contributed by atoms with E-state index in [2.05, 4.69) is 31.1 Å². The summed E-state index contributed by atoms with van der Waals surface area (Å²) < 4.78 is 70.4. The summed E-state index contributed by atoms with van der Waals surface area (Å²) in [5.41, 5.74) is 2.93. The summed E-state index contributed by atoms with van der Waals surface area (Å²) in [5.74, 6) is -2.98. The number of aryl methyl sites for hydroxylation is 4. The van der Waals surface area contributed by atoms with Gasteiger partial charge in [0, 0.05) is 22.5 Å². The smallest absolute Gasteiger partial charge is 0.295 e. The van der Waals surface area contributed by atoms with Crippen LogP contribution in [0, 0.1) is 27.7 Å². The minimum Gasteiger partial charge on any atom is -0.324 e. The van der Waals surface area contributed by atoms with E-state index in [-0.39, 0.29) is 11.4 Å². The van der Waals surface area contributed by atoms with Gasteiger partial charge in [0.1, 0.15) is 9.79 Å². The average Bonchev–Trinajstić information content (AvgIpc) is 3.06. The fourth-order valence-electron chi connectivity index (χ4n) is 5.21. The van der Waals surface area contributed by atoms with Gasteiger partial charge in [0.2, 0.25) is 12.1 Å². The fourth-order valence-corrected chi connectivity index (χ4v) is 6.66. The van der Waals surface area contributed by atoms with Crippen LogP contribution >= 0.6 is 0 Å². The number of hydrogen-bond donors (Lipinski definition) is 4. The maximum atomic E-state index is 12.9. The van der Waals surface area contributed by atoms with Crippen molar-refractivity contribution in [1.82, 2.24) is 0 Å². The Hall–Kier alpha value is -5.82. The molecular formula is C36H36N6O10S2. The van der Waals surface area contributed by atoms with Crippen LogP contribution in [-0.2, 0) is 39.4 Å². The third kappa shape index (κ3) is 10.2. The molecule has 0 spiro atoms. The SMILES string of the molecule is CC(=O)[C@@H](N=Nc1ccc(-c2ccc(N=N[C@@H](C(C)=O)C(=O)Nc3ccc(C)cc3C)cc2S(=O)(=O)O)c(S(=O)(=O)O)c1)C(=O)Nc1ccc(C)cc1C. The van der Waals surface area contributed by atoms with Gasteiger partial charge in [-0.3, -0.25) is 28.3 Å². The number of hydrogen-bond acceptors (Lipinski definition) is 12. The Bertz CT molecular complexity index is 2290. The van der Waals surface area contributed by atoms with Crippen LogP contribution in [0.2, 0.25) is 0 Å². The van der Waals surface area contributed by atoms with Gasteiger partial charge in [0.05, 0.1) is 11.4 Å². The maximum absolute atomic E-state index is 12.9. The molecule has 0 heterocycles. The van der Waals surface area contributed by atoms with Crippen LogP contribution in [0.4, 0.5) is 22.7 Å². The number of azo groups is 2. The third-order valence-corrected chi connectivity index (χ3v) is 9.69.